The molecule has 2 aromatic carbocycles. The molecule has 0 saturated carbocycles. The van der Waals surface area contributed by atoms with E-state index in [1.807, 2.05) is 24.3 Å². The van der Waals surface area contributed by atoms with Crippen LogP contribution in [0.4, 0.5) is 11.4 Å². The summed E-state index contributed by atoms with van der Waals surface area (Å²) in [5.41, 5.74) is 5.29. The molecule has 0 amide bonds. The lowest BCUT2D eigenvalue weighted by molar-refractivity contribution is -0.141. The summed E-state index contributed by atoms with van der Waals surface area (Å²) in [5, 5.41) is 10.4. The number of hydrazone groups is 1. The molecule has 1 unspecified atom stereocenters. The standard InChI is InChI=1S/C21H28N4O2/c1-4-17-12-18(8-11-20(17)23-5-2)21(14-27-15(3)26)25-19-9-6-16(7-10-19)13-24-22/h6-13,21,23,25H,4-5,14,22H2,1-3H3. The summed E-state index contributed by atoms with van der Waals surface area (Å²) in [6.45, 7) is 6.76. The molecular formula is C21H28N4O2. The molecule has 0 aliphatic carbocycles. The number of benzene rings is 2. The van der Waals surface area contributed by atoms with Gasteiger partial charge in [0, 0.05) is 24.8 Å². The Morgan fingerprint density at radius 3 is 2.56 bits per heavy atom. The summed E-state index contributed by atoms with van der Waals surface area (Å²) in [6, 6.07) is 13.9. The Balaban J connectivity index is 2.26. The van der Waals surface area contributed by atoms with Crippen LogP contribution in [0.2, 0.25) is 0 Å². The normalized spacial score (nSPS) is 12.0. The van der Waals surface area contributed by atoms with Crippen molar-refractivity contribution < 1.29 is 9.53 Å². The van der Waals surface area contributed by atoms with E-state index in [0.29, 0.717) is 0 Å². The maximum atomic E-state index is 11.3. The maximum absolute atomic E-state index is 11.3. The monoisotopic (exact) mass is 368 g/mol. The molecule has 1 atom stereocenters. The highest BCUT2D eigenvalue weighted by molar-refractivity contribution is 5.80. The fourth-order valence-electron chi connectivity index (χ4n) is 2.86. The summed E-state index contributed by atoms with van der Waals surface area (Å²) in [7, 11) is 0. The number of ether oxygens (including phenoxy) is 1. The largest absolute Gasteiger partial charge is 0.463 e. The Bertz CT molecular complexity index is 772. The third-order valence-corrected chi connectivity index (χ3v) is 4.21. The van der Waals surface area contributed by atoms with E-state index in [0.717, 1.165) is 35.5 Å². The first kappa shape index (κ1) is 20.3. The van der Waals surface area contributed by atoms with Gasteiger partial charge in [-0.25, -0.2) is 0 Å². The molecule has 6 heteroatoms. The van der Waals surface area contributed by atoms with Crippen molar-refractivity contribution in [3.05, 3.63) is 59.2 Å². The van der Waals surface area contributed by atoms with E-state index < -0.39 is 0 Å². The number of carbonyl (C=O) groups is 1. The van der Waals surface area contributed by atoms with Gasteiger partial charge in [-0.3, -0.25) is 4.79 Å². The van der Waals surface area contributed by atoms with E-state index >= 15 is 0 Å². The number of hydrogen-bond acceptors (Lipinski definition) is 6. The van der Waals surface area contributed by atoms with Gasteiger partial charge in [-0.05, 0) is 48.2 Å². The number of hydrogen-bond donors (Lipinski definition) is 3. The highest BCUT2D eigenvalue weighted by Gasteiger charge is 2.15. The molecule has 0 saturated heterocycles. The lowest BCUT2D eigenvalue weighted by Gasteiger charge is -2.22. The number of rotatable bonds is 9. The molecule has 0 spiro atoms. The number of nitrogens with one attached hydrogen (secondary N) is 2. The van der Waals surface area contributed by atoms with Gasteiger partial charge in [-0.15, -0.1) is 0 Å². The highest BCUT2D eigenvalue weighted by Crippen LogP contribution is 2.25. The lowest BCUT2D eigenvalue weighted by Crippen LogP contribution is -2.19. The molecule has 2 aromatic rings. The van der Waals surface area contributed by atoms with Gasteiger partial charge in [0.15, 0.2) is 0 Å². The summed E-state index contributed by atoms with van der Waals surface area (Å²) in [6.07, 6.45) is 2.51. The molecule has 0 bridgehead atoms. The number of carbonyl (C=O) groups excluding carboxylic acids is 1. The first-order valence-electron chi connectivity index (χ1n) is 9.17. The highest BCUT2D eigenvalue weighted by atomic mass is 16.5. The summed E-state index contributed by atoms with van der Waals surface area (Å²) < 4.78 is 5.29. The van der Waals surface area contributed by atoms with Crippen molar-refractivity contribution in [1.82, 2.24) is 0 Å². The van der Waals surface area contributed by atoms with Crippen LogP contribution in [0, 0.1) is 0 Å². The Hall–Kier alpha value is -3.02. The van der Waals surface area contributed by atoms with Crippen LogP contribution in [0.3, 0.4) is 0 Å². The molecule has 6 nitrogen and oxygen atoms in total. The third kappa shape index (κ3) is 6.02. The molecule has 4 N–H and O–H groups in total. The smallest absolute Gasteiger partial charge is 0.302 e. The minimum atomic E-state index is -0.295. The average molecular weight is 368 g/mol. The van der Waals surface area contributed by atoms with Gasteiger partial charge in [0.2, 0.25) is 0 Å². The zero-order valence-corrected chi connectivity index (χ0v) is 16.2. The number of nitrogens with zero attached hydrogens (tertiary/aromatic N) is 1. The minimum absolute atomic E-state index is 0.149. The van der Waals surface area contributed by atoms with E-state index in [1.54, 1.807) is 6.21 Å². The van der Waals surface area contributed by atoms with Crippen molar-refractivity contribution in [2.45, 2.75) is 33.2 Å². The fraction of sp³-hybridized carbons (Fsp3) is 0.333. The predicted octanol–water partition coefficient (Wildman–Crippen LogP) is 3.69. The second kappa shape index (κ2) is 10.2. The van der Waals surface area contributed by atoms with Gasteiger partial charge >= 0.3 is 5.97 Å². The van der Waals surface area contributed by atoms with Gasteiger partial charge in [-0.1, -0.05) is 31.2 Å². The second-order valence-electron chi connectivity index (χ2n) is 6.20. The quantitative estimate of drug-likeness (QED) is 0.272. The van der Waals surface area contributed by atoms with Gasteiger partial charge in [0.25, 0.3) is 0 Å². The third-order valence-electron chi connectivity index (χ3n) is 4.21. The number of nitrogens with two attached hydrogens (primary N) is 1. The van der Waals surface area contributed by atoms with Gasteiger partial charge in [0.1, 0.15) is 6.61 Å². The van der Waals surface area contributed by atoms with E-state index in [4.69, 9.17) is 10.6 Å². The molecule has 0 heterocycles. The first-order valence-corrected chi connectivity index (χ1v) is 9.17. The summed E-state index contributed by atoms with van der Waals surface area (Å²) in [5.74, 6) is 4.89. The minimum Gasteiger partial charge on any atom is -0.463 e. The molecule has 0 radical (unpaired) electrons. The number of aryl methyl sites for hydroxylation is 1. The SMILES string of the molecule is CCNc1ccc(C(COC(C)=O)Nc2ccc(C=NN)cc2)cc1CC. The molecular weight excluding hydrogens is 340 g/mol. The van der Waals surface area contributed by atoms with E-state index in [-0.39, 0.29) is 18.6 Å². The Labute approximate surface area is 160 Å². The van der Waals surface area contributed by atoms with Crippen LogP contribution in [0.25, 0.3) is 0 Å². The number of esters is 1. The summed E-state index contributed by atoms with van der Waals surface area (Å²) in [4.78, 5) is 11.3. The van der Waals surface area contributed by atoms with Gasteiger partial charge in [-0.2, -0.15) is 5.10 Å². The zero-order valence-electron chi connectivity index (χ0n) is 16.2. The van der Waals surface area contributed by atoms with Crippen LogP contribution < -0.4 is 16.5 Å². The topological polar surface area (TPSA) is 88.7 Å². The van der Waals surface area contributed by atoms with Crippen molar-refractivity contribution >= 4 is 23.6 Å². The van der Waals surface area contributed by atoms with E-state index in [1.165, 1.54) is 12.5 Å². The Morgan fingerprint density at radius 2 is 1.96 bits per heavy atom. The summed E-state index contributed by atoms with van der Waals surface area (Å²) >= 11 is 0. The molecule has 2 rings (SSSR count). The average Bonchev–Trinajstić information content (AvgIpc) is 2.67. The fourth-order valence-corrected chi connectivity index (χ4v) is 2.86. The zero-order chi connectivity index (χ0) is 19.6. The van der Waals surface area contributed by atoms with Gasteiger partial charge < -0.3 is 21.2 Å². The van der Waals surface area contributed by atoms with Crippen molar-refractivity contribution in [1.29, 1.82) is 0 Å². The van der Waals surface area contributed by atoms with Gasteiger partial charge in [0.05, 0.1) is 12.3 Å². The first-order chi connectivity index (χ1) is 13.1. The number of anilines is 2. The van der Waals surface area contributed by atoms with Crippen LogP contribution in [0.5, 0.6) is 0 Å². The molecule has 0 aliphatic heterocycles. The van der Waals surface area contributed by atoms with Crippen molar-refractivity contribution in [2.24, 2.45) is 10.9 Å². The molecule has 144 valence electrons. The molecule has 0 aliphatic rings. The maximum Gasteiger partial charge on any atom is 0.302 e. The van der Waals surface area contributed by atoms with Crippen LogP contribution in [-0.4, -0.2) is 25.3 Å². The van der Waals surface area contributed by atoms with Crippen LogP contribution >= 0.6 is 0 Å². The van der Waals surface area contributed by atoms with Crippen LogP contribution in [0.15, 0.2) is 47.6 Å². The van der Waals surface area contributed by atoms with Crippen LogP contribution in [0.1, 0.15) is 43.5 Å². The molecule has 0 aromatic heterocycles. The Kier molecular flexibility index (Phi) is 7.67. The van der Waals surface area contributed by atoms with Crippen molar-refractivity contribution in [3.8, 4) is 0 Å². The van der Waals surface area contributed by atoms with Crippen LogP contribution in [-0.2, 0) is 16.0 Å². The predicted molar refractivity (Wildman–Crippen MR) is 111 cm³/mol. The second-order valence-corrected chi connectivity index (χ2v) is 6.20. The van der Waals surface area contributed by atoms with E-state index in [2.05, 4.69) is 47.8 Å². The Morgan fingerprint density at radius 1 is 1.22 bits per heavy atom. The lowest BCUT2D eigenvalue weighted by atomic mass is 10.0. The van der Waals surface area contributed by atoms with E-state index in [9.17, 15) is 4.79 Å². The molecule has 27 heavy (non-hydrogen) atoms. The van der Waals surface area contributed by atoms with Crippen molar-refractivity contribution in [3.63, 3.8) is 0 Å². The molecule has 0 fully saturated rings. The van der Waals surface area contributed by atoms with Crippen molar-refractivity contribution in [2.75, 3.05) is 23.8 Å².